The highest BCUT2D eigenvalue weighted by molar-refractivity contribution is 7.90. The van der Waals surface area contributed by atoms with Crippen LogP contribution >= 0.6 is 0 Å². The van der Waals surface area contributed by atoms with Gasteiger partial charge in [0.05, 0.1) is 10.5 Å². The van der Waals surface area contributed by atoms with Gasteiger partial charge in [-0.15, -0.1) is 0 Å². The molecule has 1 N–H and O–H groups in total. The van der Waals surface area contributed by atoms with Gasteiger partial charge in [0.25, 0.3) is 5.91 Å². The number of amides is 1. The molecule has 0 unspecified atom stereocenters. The Hall–Kier alpha value is -3.93. The van der Waals surface area contributed by atoms with Gasteiger partial charge >= 0.3 is 18.5 Å². The molecule has 4 heterocycles. The molecule has 0 atom stereocenters. The number of hydrogen-bond acceptors (Lipinski definition) is 7. The molecule has 8 nitrogen and oxygen atoms in total. The van der Waals surface area contributed by atoms with E-state index in [0.717, 1.165) is 53.2 Å². The predicted molar refractivity (Wildman–Crippen MR) is 134 cm³/mol. The van der Waals surface area contributed by atoms with Gasteiger partial charge in [0, 0.05) is 44.8 Å². The minimum absolute atomic E-state index is 0.152. The van der Waals surface area contributed by atoms with Crippen molar-refractivity contribution in [3.8, 4) is 5.75 Å². The fourth-order valence-electron chi connectivity index (χ4n) is 4.28. The zero-order chi connectivity index (χ0) is 32.7. The Morgan fingerprint density at radius 2 is 1.39 bits per heavy atom. The monoisotopic (exact) mass is 656 g/mol. The van der Waals surface area contributed by atoms with Crippen molar-refractivity contribution < 1.29 is 57.5 Å². The number of fused-ring (bicyclic) bond motifs is 2. The number of hydrogen-bond donors (Lipinski definition) is 1. The van der Waals surface area contributed by atoms with Crippen LogP contribution in [0, 0.1) is 0 Å². The number of rotatable bonds is 4. The van der Waals surface area contributed by atoms with E-state index in [1.807, 2.05) is 0 Å². The molecule has 44 heavy (non-hydrogen) atoms. The first-order chi connectivity index (χ1) is 20.2. The zero-order valence-corrected chi connectivity index (χ0v) is 23.2. The Labute approximate surface area is 243 Å². The maximum Gasteiger partial charge on any atom is 0.433 e. The lowest BCUT2D eigenvalue weighted by atomic mass is 10.1. The minimum Gasteiger partial charge on any atom is -0.483 e. The molecule has 0 fully saturated rings. The van der Waals surface area contributed by atoms with Crippen LogP contribution in [0.25, 0.3) is 0 Å². The van der Waals surface area contributed by atoms with Crippen LogP contribution in [-0.2, 0) is 48.4 Å². The van der Waals surface area contributed by atoms with Crippen LogP contribution < -0.4 is 10.1 Å². The summed E-state index contributed by atoms with van der Waals surface area (Å²) in [7, 11) is -3.80. The van der Waals surface area contributed by atoms with Crippen LogP contribution in [0.2, 0.25) is 0 Å². The summed E-state index contributed by atoms with van der Waals surface area (Å²) >= 11 is 0. The highest BCUT2D eigenvalue weighted by atomic mass is 32.2. The summed E-state index contributed by atoms with van der Waals surface area (Å²) in [6, 6.07) is 4.70. The van der Waals surface area contributed by atoms with Gasteiger partial charge in [-0.2, -0.15) is 39.5 Å². The maximum absolute atomic E-state index is 12.9. The van der Waals surface area contributed by atoms with Crippen molar-refractivity contribution in [3.63, 3.8) is 0 Å². The number of halogens is 9. The lowest BCUT2D eigenvalue weighted by molar-refractivity contribution is -0.153. The molecule has 0 aliphatic carbocycles. The van der Waals surface area contributed by atoms with E-state index in [4.69, 9.17) is 0 Å². The van der Waals surface area contributed by atoms with Crippen LogP contribution in [0.15, 0.2) is 47.6 Å². The number of nitrogens with zero attached hydrogens (tertiary/aromatic N) is 3. The zero-order valence-electron chi connectivity index (χ0n) is 22.4. The van der Waals surface area contributed by atoms with Crippen LogP contribution in [0.5, 0.6) is 5.75 Å². The fraction of sp³-hybridized carbons (Fsp3) is 0.346. The molecule has 0 radical (unpaired) electrons. The largest absolute Gasteiger partial charge is 0.483 e. The van der Waals surface area contributed by atoms with Crippen molar-refractivity contribution in [3.05, 3.63) is 81.9 Å². The first-order valence-electron chi connectivity index (χ1n) is 12.4. The standard InChI is InChI=1S/C18H14F6N2O4S.C8H7F3N2/c1-31(28,29)12-2-3-14(30-9-17(19,20)21)13(5-12)16(27)26-7-10-4-15(18(22,23)24)25-6-11(10)8-26;9-8(10,11)7-1-5-2-12-3-6(5)4-13-7/h2-6H,7-9H2,1H3;1,4,12H,2-3H2. The summed E-state index contributed by atoms with van der Waals surface area (Å²) in [5.41, 5.74) is -0.353. The third-order valence-corrected chi connectivity index (χ3v) is 7.50. The Kier molecular flexibility index (Phi) is 8.89. The van der Waals surface area contributed by atoms with E-state index < -0.39 is 63.6 Å². The quantitative estimate of drug-likeness (QED) is 0.381. The second-order valence-electron chi connectivity index (χ2n) is 9.77. The topological polar surface area (TPSA) is 101 Å². The first kappa shape index (κ1) is 33.0. The van der Waals surface area contributed by atoms with E-state index in [-0.39, 0.29) is 23.5 Å². The van der Waals surface area contributed by atoms with Crippen LogP contribution in [0.1, 0.15) is 44.0 Å². The Bertz CT molecular complexity index is 1670. The van der Waals surface area contributed by atoms with Crippen molar-refractivity contribution in [2.24, 2.45) is 0 Å². The van der Waals surface area contributed by atoms with Crippen molar-refractivity contribution in [1.29, 1.82) is 0 Å². The summed E-state index contributed by atoms with van der Waals surface area (Å²) in [4.78, 5) is 20.4. The molecule has 0 saturated carbocycles. The second-order valence-corrected chi connectivity index (χ2v) is 11.8. The summed E-state index contributed by atoms with van der Waals surface area (Å²) in [6.07, 6.45) is -10.6. The average molecular weight is 657 g/mol. The molecule has 2 aromatic heterocycles. The number of carbonyl (C=O) groups excluding carboxylic acids is 1. The van der Waals surface area contributed by atoms with Gasteiger partial charge in [0.1, 0.15) is 17.1 Å². The number of pyridine rings is 2. The third kappa shape index (κ3) is 7.96. The number of ether oxygens (including phenoxy) is 1. The van der Waals surface area contributed by atoms with Crippen molar-refractivity contribution in [1.82, 2.24) is 20.2 Å². The fourth-order valence-corrected chi connectivity index (χ4v) is 4.93. The van der Waals surface area contributed by atoms with E-state index in [0.29, 0.717) is 24.2 Å². The Balaban J connectivity index is 0.000000281. The molecule has 1 amide bonds. The first-order valence-corrected chi connectivity index (χ1v) is 14.2. The molecule has 238 valence electrons. The number of nitrogens with one attached hydrogen (secondary N) is 1. The Morgan fingerprint density at radius 1 is 0.841 bits per heavy atom. The van der Waals surface area contributed by atoms with Gasteiger partial charge in [-0.25, -0.2) is 8.42 Å². The van der Waals surface area contributed by atoms with E-state index in [2.05, 4.69) is 20.0 Å². The number of benzene rings is 1. The van der Waals surface area contributed by atoms with Crippen LogP contribution in [-0.4, -0.2) is 48.2 Å². The third-order valence-electron chi connectivity index (χ3n) is 6.39. The molecule has 2 aliphatic rings. The Morgan fingerprint density at radius 3 is 1.95 bits per heavy atom. The van der Waals surface area contributed by atoms with Gasteiger partial charge in [-0.1, -0.05) is 0 Å². The van der Waals surface area contributed by atoms with Gasteiger partial charge in [0.2, 0.25) is 0 Å². The molecule has 5 rings (SSSR count). The molecule has 0 bridgehead atoms. The number of aromatic nitrogens is 2. The highest BCUT2D eigenvalue weighted by Gasteiger charge is 2.36. The molecule has 18 heteroatoms. The van der Waals surface area contributed by atoms with E-state index >= 15 is 0 Å². The maximum atomic E-state index is 12.9. The van der Waals surface area contributed by atoms with Crippen molar-refractivity contribution >= 4 is 15.7 Å². The molecule has 2 aliphatic heterocycles. The molecular formula is C26H21F9N4O4S. The highest BCUT2D eigenvalue weighted by Crippen LogP contribution is 2.34. The number of carbonyl (C=O) groups is 1. The second kappa shape index (κ2) is 11.9. The van der Waals surface area contributed by atoms with E-state index in [9.17, 15) is 52.7 Å². The molecule has 0 saturated heterocycles. The van der Waals surface area contributed by atoms with E-state index in [1.165, 1.54) is 6.20 Å². The average Bonchev–Trinajstić information content (AvgIpc) is 3.56. The van der Waals surface area contributed by atoms with Crippen molar-refractivity contribution in [2.75, 3.05) is 12.9 Å². The molecule has 1 aromatic carbocycles. The predicted octanol–water partition coefficient (Wildman–Crippen LogP) is 5.30. The van der Waals surface area contributed by atoms with Gasteiger partial charge in [0.15, 0.2) is 16.4 Å². The summed E-state index contributed by atoms with van der Waals surface area (Å²) in [5, 5.41) is 2.96. The van der Waals surface area contributed by atoms with E-state index in [1.54, 1.807) is 0 Å². The number of alkyl halides is 9. The van der Waals surface area contributed by atoms with Crippen LogP contribution in [0.4, 0.5) is 39.5 Å². The lowest BCUT2D eigenvalue weighted by Gasteiger charge is -2.19. The minimum atomic E-state index is -4.71. The SMILES string of the molecule is CS(=O)(=O)c1ccc(OCC(F)(F)F)c(C(=O)N2Cc3cnc(C(F)(F)F)cc3C2)c1.FC(F)(F)c1cc2c(cn1)CNC2. The smallest absolute Gasteiger partial charge is 0.433 e. The summed E-state index contributed by atoms with van der Waals surface area (Å²) in [6.45, 7) is -1.02. The molecule has 3 aromatic rings. The summed E-state index contributed by atoms with van der Waals surface area (Å²) < 4.78 is 141. The van der Waals surface area contributed by atoms with Gasteiger partial charge in [-0.3, -0.25) is 14.8 Å². The molecular weight excluding hydrogens is 635 g/mol. The normalized spacial score (nSPS) is 14.9. The molecule has 0 spiro atoms. The van der Waals surface area contributed by atoms with Gasteiger partial charge < -0.3 is 15.0 Å². The number of sulfone groups is 1. The van der Waals surface area contributed by atoms with Gasteiger partial charge in [-0.05, 0) is 52.6 Å². The van der Waals surface area contributed by atoms with Crippen LogP contribution in [0.3, 0.4) is 0 Å². The lowest BCUT2D eigenvalue weighted by Crippen LogP contribution is -2.27. The summed E-state index contributed by atoms with van der Waals surface area (Å²) in [5.74, 6) is -1.40. The van der Waals surface area contributed by atoms with Crippen molar-refractivity contribution in [2.45, 2.75) is 49.6 Å².